The predicted molar refractivity (Wildman–Crippen MR) is 80.4 cm³/mol. The molecule has 0 aromatic heterocycles. The van der Waals surface area contributed by atoms with Crippen LogP contribution in [0.4, 0.5) is 14.5 Å². The number of rotatable bonds is 5. The number of hydrogen-bond acceptors (Lipinski definition) is 3. The monoisotopic (exact) mass is 310 g/mol. The van der Waals surface area contributed by atoms with Gasteiger partial charge >= 0.3 is 6.61 Å². The largest absolute Gasteiger partial charge is 0.435 e. The van der Waals surface area contributed by atoms with Crippen LogP contribution in [-0.2, 0) is 0 Å². The van der Waals surface area contributed by atoms with Gasteiger partial charge in [-0.3, -0.25) is 5.43 Å². The van der Waals surface area contributed by atoms with Gasteiger partial charge in [0.2, 0.25) is 0 Å². The molecule has 0 radical (unpaired) electrons. The Kier molecular flexibility index (Phi) is 5.11. The SMILES string of the molecule is C/C(=N/Nc1cccc(Cl)c1)c1cccc(OC(F)F)c1. The maximum Gasteiger partial charge on any atom is 0.387 e. The second-order valence-corrected chi connectivity index (χ2v) is 4.66. The third-order valence-corrected chi connectivity index (χ3v) is 2.89. The molecule has 1 N–H and O–H groups in total. The van der Waals surface area contributed by atoms with Crippen molar-refractivity contribution in [3.63, 3.8) is 0 Å². The first kappa shape index (κ1) is 15.3. The molecule has 0 bridgehead atoms. The van der Waals surface area contributed by atoms with Crippen LogP contribution in [0.1, 0.15) is 12.5 Å². The molecule has 0 aliphatic rings. The normalized spacial score (nSPS) is 11.6. The number of nitrogens with zero attached hydrogens (tertiary/aromatic N) is 1. The van der Waals surface area contributed by atoms with Gasteiger partial charge in [0.05, 0.1) is 11.4 Å². The summed E-state index contributed by atoms with van der Waals surface area (Å²) in [5.41, 5.74) is 4.91. The fourth-order valence-corrected chi connectivity index (χ4v) is 1.86. The highest BCUT2D eigenvalue weighted by molar-refractivity contribution is 6.30. The summed E-state index contributed by atoms with van der Waals surface area (Å²) in [5, 5.41) is 4.79. The highest BCUT2D eigenvalue weighted by atomic mass is 35.5. The van der Waals surface area contributed by atoms with Gasteiger partial charge in [0.1, 0.15) is 5.75 Å². The number of anilines is 1. The third kappa shape index (κ3) is 4.72. The molecule has 0 amide bonds. The minimum absolute atomic E-state index is 0.0970. The summed E-state index contributed by atoms with van der Waals surface area (Å²) in [6.07, 6.45) is 0. The topological polar surface area (TPSA) is 33.6 Å². The van der Waals surface area contributed by atoms with Crippen LogP contribution in [0.5, 0.6) is 5.75 Å². The lowest BCUT2D eigenvalue weighted by molar-refractivity contribution is -0.0498. The highest BCUT2D eigenvalue weighted by Crippen LogP contribution is 2.18. The van der Waals surface area contributed by atoms with Gasteiger partial charge in [0.25, 0.3) is 0 Å². The summed E-state index contributed by atoms with van der Waals surface area (Å²) < 4.78 is 28.7. The lowest BCUT2D eigenvalue weighted by Crippen LogP contribution is -2.04. The van der Waals surface area contributed by atoms with Gasteiger partial charge in [-0.1, -0.05) is 29.8 Å². The molecule has 0 atom stereocenters. The third-order valence-electron chi connectivity index (χ3n) is 2.65. The van der Waals surface area contributed by atoms with Crippen molar-refractivity contribution in [2.75, 3.05) is 5.43 Å². The first-order valence-electron chi connectivity index (χ1n) is 6.16. The Bertz CT molecular complexity index is 647. The Morgan fingerprint density at radius 3 is 2.67 bits per heavy atom. The van der Waals surface area contributed by atoms with Gasteiger partial charge in [-0.2, -0.15) is 13.9 Å². The van der Waals surface area contributed by atoms with Gasteiger partial charge in [-0.15, -0.1) is 0 Å². The number of ether oxygens (including phenoxy) is 1. The van der Waals surface area contributed by atoms with E-state index in [4.69, 9.17) is 11.6 Å². The lowest BCUT2D eigenvalue weighted by atomic mass is 10.1. The first-order valence-corrected chi connectivity index (χ1v) is 6.53. The predicted octanol–water partition coefficient (Wildman–Crippen LogP) is 4.78. The van der Waals surface area contributed by atoms with Crippen LogP contribution in [0.25, 0.3) is 0 Å². The fraction of sp³-hybridized carbons (Fsp3) is 0.133. The zero-order valence-corrected chi connectivity index (χ0v) is 11.9. The molecule has 0 saturated carbocycles. The van der Waals surface area contributed by atoms with Gasteiger partial charge in [0.15, 0.2) is 0 Å². The maximum atomic E-state index is 12.2. The zero-order valence-electron chi connectivity index (χ0n) is 11.2. The molecule has 0 aliphatic carbocycles. The van der Waals surface area contributed by atoms with Crippen LogP contribution in [0.2, 0.25) is 5.02 Å². The molecule has 21 heavy (non-hydrogen) atoms. The minimum Gasteiger partial charge on any atom is -0.435 e. The van der Waals surface area contributed by atoms with E-state index in [0.717, 1.165) is 5.69 Å². The lowest BCUT2D eigenvalue weighted by Gasteiger charge is -2.07. The second kappa shape index (κ2) is 7.04. The molecule has 0 fully saturated rings. The van der Waals surface area contributed by atoms with E-state index >= 15 is 0 Å². The van der Waals surface area contributed by atoms with Crippen LogP contribution in [-0.4, -0.2) is 12.3 Å². The number of benzene rings is 2. The zero-order chi connectivity index (χ0) is 15.2. The van der Waals surface area contributed by atoms with Crippen molar-refractivity contribution in [2.24, 2.45) is 5.10 Å². The van der Waals surface area contributed by atoms with E-state index < -0.39 is 6.61 Å². The Hall–Kier alpha value is -2.14. The van der Waals surface area contributed by atoms with Crippen molar-refractivity contribution in [2.45, 2.75) is 13.5 Å². The van der Waals surface area contributed by atoms with E-state index in [1.807, 2.05) is 6.07 Å². The number of hydrogen-bond donors (Lipinski definition) is 1. The summed E-state index contributed by atoms with van der Waals surface area (Å²) >= 11 is 5.87. The molecule has 0 aliphatic heterocycles. The van der Waals surface area contributed by atoms with Crippen molar-refractivity contribution in [3.05, 3.63) is 59.1 Å². The number of nitrogens with one attached hydrogen (secondary N) is 1. The number of hydrazone groups is 1. The van der Waals surface area contributed by atoms with E-state index in [-0.39, 0.29) is 5.75 Å². The smallest absolute Gasteiger partial charge is 0.387 e. The quantitative estimate of drug-likeness (QED) is 0.637. The van der Waals surface area contributed by atoms with E-state index in [1.54, 1.807) is 37.3 Å². The second-order valence-electron chi connectivity index (χ2n) is 4.23. The molecule has 2 aromatic carbocycles. The molecule has 0 heterocycles. The van der Waals surface area contributed by atoms with Crippen molar-refractivity contribution in [3.8, 4) is 5.75 Å². The van der Waals surface area contributed by atoms with Gasteiger partial charge in [0, 0.05) is 10.6 Å². The Labute approximate surface area is 126 Å². The fourth-order valence-electron chi connectivity index (χ4n) is 1.67. The average Bonchev–Trinajstić information content (AvgIpc) is 2.44. The Balaban J connectivity index is 2.11. The van der Waals surface area contributed by atoms with Crippen molar-refractivity contribution >= 4 is 23.0 Å². The molecule has 0 unspecified atom stereocenters. The highest BCUT2D eigenvalue weighted by Gasteiger charge is 2.06. The van der Waals surface area contributed by atoms with Crippen LogP contribution < -0.4 is 10.2 Å². The van der Waals surface area contributed by atoms with Crippen LogP contribution in [0.3, 0.4) is 0 Å². The summed E-state index contributed by atoms with van der Waals surface area (Å²) in [6.45, 7) is -1.08. The summed E-state index contributed by atoms with van der Waals surface area (Å²) in [4.78, 5) is 0. The number of alkyl halides is 2. The van der Waals surface area contributed by atoms with Crippen molar-refractivity contribution in [1.29, 1.82) is 0 Å². The van der Waals surface area contributed by atoms with Gasteiger partial charge < -0.3 is 4.74 Å². The van der Waals surface area contributed by atoms with Crippen molar-refractivity contribution in [1.82, 2.24) is 0 Å². The minimum atomic E-state index is -2.85. The first-order chi connectivity index (χ1) is 10.0. The van der Waals surface area contributed by atoms with Crippen LogP contribution in [0.15, 0.2) is 53.6 Å². The van der Waals surface area contributed by atoms with E-state index in [0.29, 0.717) is 16.3 Å². The molecule has 110 valence electrons. The molecular formula is C15H13ClF2N2O. The van der Waals surface area contributed by atoms with E-state index in [1.165, 1.54) is 12.1 Å². The summed E-state index contributed by atoms with van der Waals surface area (Å²) in [5.74, 6) is 0.0970. The molecule has 0 spiro atoms. The molecule has 2 rings (SSSR count). The van der Waals surface area contributed by atoms with E-state index in [2.05, 4.69) is 15.3 Å². The molecule has 3 nitrogen and oxygen atoms in total. The standard InChI is InChI=1S/C15H13ClF2N2O/c1-10(19-20-13-6-3-5-12(16)9-13)11-4-2-7-14(8-11)21-15(17)18/h2-9,15,20H,1H3/b19-10-. The van der Waals surface area contributed by atoms with Crippen LogP contribution in [0, 0.1) is 0 Å². The molecule has 6 heteroatoms. The Morgan fingerprint density at radius 2 is 1.95 bits per heavy atom. The summed E-state index contributed by atoms with van der Waals surface area (Å²) in [7, 11) is 0. The molecule has 0 saturated heterocycles. The van der Waals surface area contributed by atoms with Crippen molar-refractivity contribution < 1.29 is 13.5 Å². The van der Waals surface area contributed by atoms with Gasteiger partial charge in [-0.25, -0.2) is 0 Å². The summed E-state index contributed by atoms with van der Waals surface area (Å²) in [6, 6.07) is 13.5. The molecule has 2 aromatic rings. The van der Waals surface area contributed by atoms with E-state index in [9.17, 15) is 8.78 Å². The van der Waals surface area contributed by atoms with Gasteiger partial charge in [-0.05, 0) is 37.3 Å². The Morgan fingerprint density at radius 1 is 1.19 bits per heavy atom. The maximum absolute atomic E-state index is 12.2. The average molecular weight is 311 g/mol. The number of halogens is 3. The molecular weight excluding hydrogens is 298 g/mol. The van der Waals surface area contributed by atoms with Crippen LogP contribution >= 0.6 is 11.6 Å².